The van der Waals surface area contributed by atoms with Crippen molar-refractivity contribution in [2.75, 3.05) is 13.1 Å². The lowest BCUT2D eigenvalue weighted by molar-refractivity contribution is 0.235. The number of amides is 2. The summed E-state index contributed by atoms with van der Waals surface area (Å²) in [6.07, 6.45) is 4.66. The highest BCUT2D eigenvalue weighted by Crippen LogP contribution is 2.12. The van der Waals surface area contributed by atoms with Gasteiger partial charge in [0.2, 0.25) is 0 Å². The van der Waals surface area contributed by atoms with Gasteiger partial charge in [0.05, 0.1) is 5.69 Å². The zero-order valence-electron chi connectivity index (χ0n) is 12.6. The van der Waals surface area contributed by atoms with Gasteiger partial charge in [-0.15, -0.1) is 0 Å². The number of imidazole rings is 1. The molecule has 0 radical (unpaired) electrons. The predicted molar refractivity (Wildman–Crippen MR) is 87.5 cm³/mol. The zero-order valence-corrected chi connectivity index (χ0v) is 14.2. The Hall–Kier alpha value is -1.56. The van der Waals surface area contributed by atoms with Gasteiger partial charge in [0, 0.05) is 36.4 Å². The number of pyridine rings is 1. The van der Waals surface area contributed by atoms with Crippen LogP contribution < -0.4 is 10.6 Å². The number of hydrogen-bond donors (Lipinski definition) is 2. The summed E-state index contributed by atoms with van der Waals surface area (Å²) in [4.78, 5) is 16.1. The molecule has 0 bridgehead atoms. The molecule has 2 N–H and O–H groups in total. The average molecular weight is 353 g/mol. The van der Waals surface area contributed by atoms with Crippen molar-refractivity contribution in [1.82, 2.24) is 20.0 Å². The quantitative estimate of drug-likeness (QED) is 0.888. The van der Waals surface area contributed by atoms with E-state index in [1.165, 1.54) is 0 Å². The third-order valence-corrected chi connectivity index (χ3v) is 3.38. The number of nitrogens with one attached hydrogen (secondary N) is 2. The second kappa shape index (κ2) is 6.47. The summed E-state index contributed by atoms with van der Waals surface area (Å²) < 4.78 is 2.98. The Morgan fingerprint density at radius 3 is 2.76 bits per heavy atom. The van der Waals surface area contributed by atoms with Crippen LogP contribution in [0.15, 0.2) is 29.0 Å². The van der Waals surface area contributed by atoms with Crippen LogP contribution in [0.1, 0.15) is 26.5 Å². The molecular weight excluding hydrogens is 332 g/mol. The van der Waals surface area contributed by atoms with Gasteiger partial charge in [-0.2, -0.15) is 0 Å². The van der Waals surface area contributed by atoms with E-state index in [2.05, 4.69) is 52.3 Å². The molecule has 2 aromatic rings. The van der Waals surface area contributed by atoms with Gasteiger partial charge in [0.15, 0.2) is 0 Å². The minimum atomic E-state index is -0.128. The number of carbonyl (C=O) groups excluding carboxylic acids is 1. The molecule has 0 aromatic carbocycles. The van der Waals surface area contributed by atoms with Crippen molar-refractivity contribution in [3.8, 4) is 0 Å². The van der Waals surface area contributed by atoms with E-state index in [0.717, 1.165) is 15.8 Å². The van der Waals surface area contributed by atoms with Crippen LogP contribution in [0, 0.1) is 5.41 Å². The maximum absolute atomic E-state index is 11.6. The molecule has 0 fully saturated rings. The fourth-order valence-electron chi connectivity index (χ4n) is 1.85. The first-order valence-corrected chi connectivity index (χ1v) is 7.78. The van der Waals surface area contributed by atoms with E-state index in [1.54, 1.807) is 0 Å². The lowest BCUT2D eigenvalue weighted by Gasteiger charge is -2.18. The van der Waals surface area contributed by atoms with Crippen LogP contribution in [0.5, 0.6) is 0 Å². The molecule has 2 amide bonds. The molecular formula is C15H21BrN4O. The van der Waals surface area contributed by atoms with E-state index in [4.69, 9.17) is 0 Å². The molecule has 2 aromatic heterocycles. The molecule has 0 aliphatic carbocycles. The van der Waals surface area contributed by atoms with E-state index < -0.39 is 0 Å². The zero-order chi connectivity index (χ0) is 15.5. The van der Waals surface area contributed by atoms with Crippen LogP contribution >= 0.6 is 15.9 Å². The molecule has 5 nitrogen and oxygen atoms in total. The monoisotopic (exact) mass is 352 g/mol. The Morgan fingerprint density at radius 1 is 1.29 bits per heavy atom. The fraction of sp³-hybridized carbons (Fsp3) is 0.467. The SMILES string of the molecule is CC(C)(C)CNC(=O)NCCc1cn2cc(Br)ccc2n1. The maximum Gasteiger partial charge on any atom is 0.314 e. The number of hydrogen-bond acceptors (Lipinski definition) is 2. The Balaban J connectivity index is 1.81. The van der Waals surface area contributed by atoms with Gasteiger partial charge in [-0.25, -0.2) is 9.78 Å². The van der Waals surface area contributed by atoms with E-state index in [9.17, 15) is 4.79 Å². The van der Waals surface area contributed by atoms with Crippen LogP contribution in [-0.4, -0.2) is 28.5 Å². The number of carbonyl (C=O) groups is 1. The Morgan fingerprint density at radius 2 is 2.05 bits per heavy atom. The normalized spacial score (nSPS) is 11.6. The molecule has 0 aliphatic rings. The lowest BCUT2D eigenvalue weighted by atomic mass is 9.97. The lowest BCUT2D eigenvalue weighted by Crippen LogP contribution is -2.40. The smallest absolute Gasteiger partial charge is 0.314 e. The summed E-state index contributed by atoms with van der Waals surface area (Å²) >= 11 is 3.43. The van der Waals surface area contributed by atoms with Crippen LogP contribution in [-0.2, 0) is 6.42 Å². The molecule has 2 rings (SSSR count). The van der Waals surface area contributed by atoms with Gasteiger partial charge in [-0.05, 0) is 33.5 Å². The van der Waals surface area contributed by atoms with E-state index >= 15 is 0 Å². The fourth-order valence-corrected chi connectivity index (χ4v) is 2.20. The number of fused-ring (bicyclic) bond motifs is 1. The first-order valence-electron chi connectivity index (χ1n) is 6.98. The molecule has 0 aliphatic heterocycles. The third kappa shape index (κ3) is 5.04. The number of urea groups is 1. The number of aromatic nitrogens is 2. The summed E-state index contributed by atoms with van der Waals surface area (Å²) in [6, 6.07) is 3.79. The van der Waals surface area contributed by atoms with E-state index in [0.29, 0.717) is 19.5 Å². The first-order chi connectivity index (χ1) is 9.83. The molecule has 6 heteroatoms. The highest BCUT2D eigenvalue weighted by molar-refractivity contribution is 9.10. The summed E-state index contributed by atoms with van der Waals surface area (Å²) in [6.45, 7) is 7.48. The molecule has 0 spiro atoms. The van der Waals surface area contributed by atoms with Crippen molar-refractivity contribution in [3.05, 3.63) is 34.7 Å². The van der Waals surface area contributed by atoms with E-state index in [1.807, 2.05) is 28.9 Å². The highest BCUT2D eigenvalue weighted by atomic mass is 79.9. The maximum atomic E-state index is 11.6. The second-order valence-corrected chi connectivity index (χ2v) is 7.18. The average Bonchev–Trinajstić information content (AvgIpc) is 2.77. The molecule has 0 saturated heterocycles. The molecule has 0 unspecified atom stereocenters. The summed E-state index contributed by atoms with van der Waals surface area (Å²) in [7, 11) is 0. The van der Waals surface area contributed by atoms with Crippen LogP contribution in [0.25, 0.3) is 5.65 Å². The Kier molecular flexibility index (Phi) is 4.88. The van der Waals surface area contributed by atoms with Gasteiger partial charge in [0.1, 0.15) is 5.65 Å². The molecule has 0 saturated carbocycles. The summed E-state index contributed by atoms with van der Waals surface area (Å²) in [5.41, 5.74) is 1.96. The van der Waals surface area contributed by atoms with Crippen molar-refractivity contribution in [3.63, 3.8) is 0 Å². The van der Waals surface area contributed by atoms with Crippen molar-refractivity contribution >= 4 is 27.6 Å². The molecule has 21 heavy (non-hydrogen) atoms. The minimum absolute atomic E-state index is 0.0896. The molecule has 114 valence electrons. The predicted octanol–water partition coefficient (Wildman–Crippen LogP) is 2.98. The Bertz CT molecular complexity index is 630. The third-order valence-electron chi connectivity index (χ3n) is 2.91. The van der Waals surface area contributed by atoms with Gasteiger partial charge < -0.3 is 15.0 Å². The van der Waals surface area contributed by atoms with Gasteiger partial charge in [-0.3, -0.25) is 0 Å². The number of halogens is 1. The largest absolute Gasteiger partial charge is 0.338 e. The van der Waals surface area contributed by atoms with E-state index in [-0.39, 0.29) is 11.4 Å². The van der Waals surface area contributed by atoms with Crippen molar-refractivity contribution in [2.24, 2.45) is 5.41 Å². The van der Waals surface area contributed by atoms with Crippen molar-refractivity contribution < 1.29 is 4.79 Å². The minimum Gasteiger partial charge on any atom is -0.338 e. The second-order valence-electron chi connectivity index (χ2n) is 6.27. The summed E-state index contributed by atoms with van der Waals surface area (Å²) in [5.74, 6) is 0. The van der Waals surface area contributed by atoms with Crippen LogP contribution in [0.4, 0.5) is 4.79 Å². The molecule has 0 atom stereocenters. The highest BCUT2D eigenvalue weighted by Gasteiger charge is 2.11. The van der Waals surface area contributed by atoms with Crippen LogP contribution in [0.2, 0.25) is 0 Å². The number of rotatable bonds is 4. The standard InChI is InChI=1S/C15H21BrN4O/c1-15(2,3)10-18-14(21)17-7-6-12-9-20-8-11(16)4-5-13(20)19-12/h4-5,8-9H,6-7,10H2,1-3H3,(H2,17,18,21). The van der Waals surface area contributed by atoms with Crippen molar-refractivity contribution in [1.29, 1.82) is 0 Å². The topological polar surface area (TPSA) is 58.4 Å². The van der Waals surface area contributed by atoms with Gasteiger partial charge in [0.25, 0.3) is 0 Å². The van der Waals surface area contributed by atoms with Gasteiger partial charge in [-0.1, -0.05) is 20.8 Å². The Labute approximate surface area is 133 Å². The number of nitrogens with zero attached hydrogens (tertiary/aromatic N) is 2. The van der Waals surface area contributed by atoms with Gasteiger partial charge >= 0.3 is 6.03 Å². The van der Waals surface area contributed by atoms with Crippen molar-refractivity contribution in [2.45, 2.75) is 27.2 Å². The first kappa shape index (κ1) is 15.8. The summed E-state index contributed by atoms with van der Waals surface area (Å²) in [5, 5.41) is 5.71. The molecule has 2 heterocycles. The van der Waals surface area contributed by atoms with Crippen LogP contribution in [0.3, 0.4) is 0 Å².